The van der Waals surface area contributed by atoms with Crippen molar-refractivity contribution in [3.05, 3.63) is 0 Å². The topological polar surface area (TPSA) is 20.2 Å². The molecular weight excluding hydrogens is 173 g/mol. The summed E-state index contributed by atoms with van der Waals surface area (Å²) >= 11 is 1.31. The van der Waals surface area contributed by atoms with Crippen molar-refractivity contribution in [2.45, 2.75) is 0 Å². The van der Waals surface area contributed by atoms with Crippen molar-refractivity contribution in [2.75, 3.05) is 0 Å². The first-order chi connectivity index (χ1) is 1.00. The Morgan fingerprint density at radius 3 is 0.800 bits per heavy atom. The average Bonchev–Trinajstić information content (AvgIpc) is 1.00. The van der Waals surface area contributed by atoms with Crippen LogP contribution in [0.3, 0.4) is 0 Å². The van der Waals surface area contributed by atoms with Gasteiger partial charge in [-0.1, -0.05) is 0 Å². The molecule has 0 aromatic rings. The van der Waals surface area contributed by atoms with E-state index in [0.29, 0.717) is 0 Å². The van der Waals surface area contributed by atoms with Crippen LogP contribution in [0.2, 0.25) is 0 Å². The minimum absolute atomic E-state index is 0. The third-order valence-electron chi connectivity index (χ3n) is 0. The molecule has 0 aliphatic rings. The molecule has 5 heavy (non-hydrogen) atoms. The van der Waals surface area contributed by atoms with Crippen molar-refractivity contribution < 1.29 is 21.8 Å². The van der Waals surface area contributed by atoms with Crippen molar-refractivity contribution in [2.24, 2.45) is 0 Å². The van der Waals surface area contributed by atoms with Gasteiger partial charge in [0.1, 0.15) is 0 Å². The molecule has 0 saturated carbocycles. The molecule has 0 aliphatic carbocycles. The first-order valence-electron chi connectivity index (χ1n) is 0.200. The van der Waals surface area contributed by atoms with Crippen molar-refractivity contribution in [1.29, 1.82) is 0 Å². The fourth-order valence-corrected chi connectivity index (χ4v) is 0. The predicted octanol–water partition coefficient (Wildman–Crippen LogP) is 0.706. The Balaban J connectivity index is -0.00000000167. The fourth-order valence-electron chi connectivity index (χ4n) is 0. The van der Waals surface area contributed by atoms with E-state index in [9.17, 15) is 0 Å². The molecule has 0 amide bonds. The van der Waals surface area contributed by atoms with Crippen LogP contribution in [0.5, 0.6) is 0 Å². The molecule has 0 heterocycles. The molecule has 0 rings (SSSR count). The van der Waals surface area contributed by atoms with Crippen LogP contribution < -0.4 is 0 Å². The predicted molar refractivity (Wildman–Crippen MR) is 24.0 cm³/mol. The van der Waals surface area contributed by atoms with Crippen LogP contribution in [0.1, 0.15) is 0 Å². The van der Waals surface area contributed by atoms with E-state index >= 15 is 0 Å². The summed E-state index contributed by atoms with van der Waals surface area (Å²) in [7, 11) is 0. The zero-order chi connectivity index (χ0) is 2.00. The number of halogens is 3. The zero-order valence-corrected chi connectivity index (χ0v) is 5.97. The third kappa shape index (κ3) is 31.6. The first-order valence-corrected chi connectivity index (χ1v) is 0.825. The maximum atomic E-state index is 6.94. The molecule has 1 nitrogen and oxygen atoms in total. The Labute approximate surface area is 59.1 Å². The van der Waals surface area contributed by atoms with Crippen molar-refractivity contribution in [3.63, 3.8) is 0 Å². The van der Waals surface area contributed by atoms with Crippen molar-refractivity contribution >= 4 is 37.2 Å². The molecule has 5 heteroatoms. The van der Waals surface area contributed by atoms with E-state index in [1.54, 1.807) is 0 Å². The Hall–Kier alpha value is 1.41. The van der Waals surface area contributed by atoms with Gasteiger partial charge in [-0.25, -0.2) is 0 Å². The van der Waals surface area contributed by atoms with Gasteiger partial charge in [0.2, 0.25) is 0 Å². The number of hydrogen-bond acceptors (Lipinski definition) is 1. The molecule has 0 saturated heterocycles. The summed E-state index contributed by atoms with van der Waals surface area (Å²) in [6, 6.07) is 0. The summed E-state index contributed by atoms with van der Waals surface area (Å²) < 4.78 is 6.94. The Morgan fingerprint density at radius 1 is 0.800 bits per heavy atom. The van der Waals surface area contributed by atoms with Gasteiger partial charge in [-0.3, -0.25) is 0 Å². The van der Waals surface area contributed by atoms with Gasteiger partial charge in [-0.05, 0) is 0 Å². The summed E-state index contributed by atoms with van der Waals surface area (Å²) in [5.74, 6) is 0. The van der Waals surface area contributed by atoms with Crippen LogP contribution in [-0.2, 0) is 17.8 Å². The molecule has 0 bridgehead atoms. The van der Waals surface area contributed by atoms with E-state index in [4.69, 9.17) is 4.03 Å². The number of rotatable bonds is 0. The van der Waals surface area contributed by atoms with Crippen LogP contribution in [-0.4, -0.2) is 4.03 Å². The van der Waals surface area contributed by atoms with Gasteiger partial charge in [0, 0.05) is 0 Å². The van der Waals surface area contributed by atoms with Crippen LogP contribution in [0, 0.1) is 0 Å². The van der Waals surface area contributed by atoms with Crippen LogP contribution in [0.4, 0.5) is 0 Å². The zero-order valence-electron chi connectivity index (χ0n) is 2.12. The SMILES string of the molecule is Cl.Cl.Cl.[OH][V]. The molecule has 0 aliphatic heterocycles. The molecule has 36 valence electrons. The number of hydrogen-bond donors (Lipinski definition) is 1. The second-order valence-corrected chi connectivity index (χ2v) is 0. The van der Waals surface area contributed by atoms with Gasteiger partial charge in [-0.2, -0.15) is 0 Å². The third-order valence-corrected chi connectivity index (χ3v) is 0. The van der Waals surface area contributed by atoms with Crippen LogP contribution in [0.15, 0.2) is 0 Å². The second kappa shape index (κ2) is 52.7. The molecule has 0 fully saturated rings. The molecule has 0 unspecified atom stereocenters. The minimum atomic E-state index is 0. The Kier molecular flexibility index (Phi) is 340. The van der Waals surface area contributed by atoms with Crippen LogP contribution >= 0.6 is 37.2 Å². The van der Waals surface area contributed by atoms with Gasteiger partial charge >= 0.3 is 21.8 Å². The van der Waals surface area contributed by atoms with E-state index in [2.05, 4.69) is 0 Å². The van der Waals surface area contributed by atoms with Gasteiger partial charge in [0.15, 0.2) is 0 Å². The molecule has 0 aromatic carbocycles. The standard InChI is InChI=1S/3ClH.H2O.V/h3*1H;1H2;/q;;;;+1/p-1. The summed E-state index contributed by atoms with van der Waals surface area (Å²) in [6.07, 6.45) is 0. The van der Waals surface area contributed by atoms with Gasteiger partial charge in [0.05, 0.1) is 0 Å². The van der Waals surface area contributed by atoms with E-state index in [1.807, 2.05) is 0 Å². The van der Waals surface area contributed by atoms with Gasteiger partial charge in [-0.15, -0.1) is 37.2 Å². The second-order valence-electron chi connectivity index (χ2n) is 0. The maximum absolute atomic E-state index is 6.94. The van der Waals surface area contributed by atoms with E-state index < -0.39 is 0 Å². The first kappa shape index (κ1) is 32.3. The quantitative estimate of drug-likeness (QED) is 0.578. The molecule has 1 N–H and O–H groups in total. The van der Waals surface area contributed by atoms with E-state index in [1.165, 1.54) is 17.8 Å². The van der Waals surface area contributed by atoms with Gasteiger partial charge in [0.25, 0.3) is 0 Å². The van der Waals surface area contributed by atoms with E-state index in [0.717, 1.165) is 0 Å². The van der Waals surface area contributed by atoms with Crippen LogP contribution in [0.25, 0.3) is 0 Å². The van der Waals surface area contributed by atoms with Crippen molar-refractivity contribution in [1.82, 2.24) is 0 Å². The monoisotopic (exact) mass is 176 g/mol. The Morgan fingerprint density at radius 2 is 0.800 bits per heavy atom. The average molecular weight is 177 g/mol. The Bertz CT molecular complexity index is 6.85. The molecule has 0 spiro atoms. The van der Waals surface area contributed by atoms with E-state index in [-0.39, 0.29) is 37.2 Å². The van der Waals surface area contributed by atoms with Gasteiger partial charge < -0.3 is 0 Å². The normalized spacial score (nSPS) is 1.00. The molecule has 0 atom stereocenters. The summed E-state index contributed by atoms with van der Waals surface area (Å²) in [5.41, 5.74) is 0. The fraction of sp³-hybridized carbons (Fsp3) is 0. The molecule has 0 aromatic heterocycles. The molecule has 0 radical (unpaired) electrons. The summed E-state index contributed by atoms with van der Waals surface area (Å²) in [4.78, 5) is 0. The molecular formula is H4Cl3OV. The summed E-state index contributed by atoms with van der Waals surface area (Å²) in [5, 5.41) is 0. The van der Waals surface area contributed by atoms with Crippen molar-refractivity contribution in [3.8, 4) is 0 Å². The summed E-state index contributed by atoms with van der Waals surface area (Å²) in [6.45, 7) is 0.